The van der Waals surface area contributed by atoms with E-state index in [-0.39, 0.29) is 16.7 Å². The zero-order valence-electron chi connectivity index (χ0n) is 11.5. The highest BCUT2D eigenvalue weighted by Gasteiger charge is 2.22. The van der Waals surface area contributed by atoms with Crippen LogP contribution in [-0.2, 0) is 6.42 Å². The Morgan fingerprint density at radius 1 is 1.19 bits per heavy atom. The number of nitro groups is 1. The normalized spacial score (nSPS) is 16.3. The molecule has 0 aliphatic carbocycles. The third kappa shape index (κ3) is 3.03. The van der Waals surface area contributed by atoms with Crippen LogP contribution in [0.3, 0.4) is 0 Å². The van der Waals surface area contributed by atoms with E-state index >= 15 is 0 Å². The molecule has 0 bridgehead atoms. The highest BCUT2D eigenvalue weighted by atomic mass is 16.6. The molecule has 1 aliphatic heterocycles. The lowest BCUT2D eigenvalue weighted by Gasteiger charge is -2.11. The van der Waals surface area contributed by atoms with Crippen molar-refractivity contribution in [3.8, 4) is 5.75 Å². The van der Waals surface area contributed by atoms with Crippen molar-refractivity contribution in [2.24, 2.45) is 0 Å². The molecule has 1 unspecified atom stereocenters. The van der Waals surface area contributed by atoms with Crippen LogP contribution in [0.25, 0.3) is 0 Å². The molecular weight excluding hydrogens is 268 g/mol. The van der Waals surface area contributed by atoms with Crippen LogP contribution >= 0.6 is 0 Å². The Balaban J connectivity index is 1.54. The quantitative estimate of drug-likeness (QED) is 0.677. The van der Waals surface area contributed by atoms with Crippen LogP contribution in [0.5, 0.6) is 5.75 Å². The number of nitrogens with one attached hydrogen (secondary N) is 1. The van der Waals surface area contributed by atoms with E-state index in [0.717, 1.165) is 24.3 Å². The number of nitro benzene ring substituents is 1. The summed E-state index contributed by atoms with van der Waals surface area (Å²) in [7, 11) is 0. The Morgan fingerprint density at radius 2 is 1.95 bits per heavy atom. The Labute approximate surface area is 122 Å². The predicted octanol–water partition coefficient (Wildman–Crippen LogP) is 2.86. The fourth-order valence-corrected chi connectivity index (χ4v) is 2.51. The van der Waals surface area contributed by atoms with Crippen LogP contribution < -0.4 is 10.1 Å². The SMILES string of the molecule is O=[N+]([O-])c1ccc(CCNC2COc3ccccc32)cc1. The molecule has 0 amide bonds. The minimum atomic E-state index is -0.380. The van der Waals surface area contributed by atoms with E-state index in [1.807, 2.05) is 18.2 Å². The van der Waals surface area contributed by atoms with Gasteiger partial charge in [0.1, 0.15) is 12.4 Å². The van der Waals surface area contributed by atoms with Gasteiger partial charge in [-0.15, -0.1) is 0 Å². The fourth-order valence-electron chi connectivity index (χ4n) is 2.51. The lowest BCUT2D eigenvalue weighted by Crippen LogP contribution is -2.24. The standard InChI is InChI=1S/C16H16N2O3/c19-18(20)13-7-5-12(6-8-13)9-10-17-15-11-21-16-4-2-1-3-14(15)16/h1-8,15,17H,9-11H2. The third-order valence-electron chi connectivity index (χ3n) is 3.65. The fraction of sp³-hybridized carbons (Fsp3) is 0.250. The van der Waals surface area contributed by atoms with Crippen molar-refractivity contribution >= 4 is 5.69 Å². The van der Waals surface area contributed by atoms with E-state index in [0.29, 0.717) is 6.61 Å². The molecule has 0 fully saturated rings. The van der Waals surface area contributed by atoms with E-state index in [4.69, 9.17) is 4.74 Å². The summed E-state index contributed by atoms with van der Waals surface area (Å²) in [6.07, 6.45) is 0.830. The maximum Gasteiger partial charge on any atom is 0.269 e. The summed E-state index contributed by atoms with van der Waals surface area (Å²) in [5.41, 5.74) is 2.41. The number of hydrogen-bond donors (Lipinski definition) is 1. The lowest BCUT2D eigenvalue weighted by molar-refractivity contribution is -0.384. The number of hydrogen-bond acceptors (Lipinski definition) is 4. The Kier molecular flexibility index (Phi) is 3.83. The number of benzene rings is 2. The second-order valence-electron chi connectivity index (χ2n) is 5.03. The molecule has 3 rings (SSSR count). The smallest absolute Gasteiger partial charge is 0.269 e. The number of nitrogens with zero attached hydrogens (tertiary/aromatic N) is 1. The number of rotatable bonds is 5. The first kappa shape index (κ1) is 13.6. The molecule has 1 N–H and O–H groups in total. The van der Waals surface area contributed by atoms with Gasteiger partial charge in [-0.05, 0) is 24.6 Å². The zero-order valence-corrected chi connectivity index (χ0v) is 11.5. The van der Waals surface area contributed by atoms with Crippen molar-refractivity contribution in [2.45, 2.75) is 12.5 Å². The van der Waals surface area contributed by atoms with Gasteiger partial charge in [0.05, 0.1) is 11.0 Å². The molecule has 1 aliphatic rings. The van der Waals surface area contributed by atoms with Gasteiger partial charge in [0.2, 0.25) is 0 Å². The van der Waals surface area contributed by atoms with Gasteiger partial charge in [-0.1, -0.05) is 30.3 Å². The lowest BCUT2D eigenvalue weighted by atomic mass is 10.1. The molecule has 5 heteroatoms. The molecule has 0 saturated carbocycles. The summed E-state index contributed by atoms with van der Waals surface area (Å²) in [6, 6.07) is 15.0. The molecule has 108 valence electrons. The van der Waals surface area contributed by atoms with Gasteiger partial charge >= 0.3 is 0 Å². The summed E-state index contributed by atoms with van der Waals surface area (Å²) in [5, 5.41) is 14.1. The van der Waals surface area contributed by atoms with Crippen LogP contribution in [0.2, 0.25) is 0 Å². The van der Waals surface area contributed by atoms with Crippen molar-refractivity contribution in [3.63, 3.8) is 0 Å². The molecule has 0 spiro atoms. The molecule has 1 atom stereocenters. The largest absolute Gasteiger partial charge is 0.491 e. The first-order valence-electron chi connectivity index (χ1n) is 6.92. The van der Waals surface area contributed by atoms with Gasteiger partial charge in [0, 0.05) is 17.7 Å². The number of para-hydroxylation sites is 1. The number of fused-ring (bicyclic) bond motifs is 1. The van der Waals surface area contributed by atoms with Crippen LogP contribution in [0.4, 0.5) is 5.69 Å². The van der Waals surface area contributed by atoms with Crippen molar-refractivity contribution in [2.75, 3.05) is 13.2 Å². The van der Waals surface area contributed by atoms with Gasteiger partial charge < -0.3 is 10.1 Å². The molecule has 21 heavy (non-hydrogen) atoms. The minimum Gasteiger partial charge on any atom is -0.491 e. The zero-order chi connectivity index (χ0) is 14.7. The van der Waals surface area contributed by atoms with E-state index in [9.17, 15) is 10.1 Å². The van der Waals surface area contributed by atoms with Crippen molar-refractivity contribution < 1.29 is 9.66 Å². The summed E-state index contributed by atoms with van der Waals surface area (Å²) >= 11 is 0. The average molecular weight is 284 g/mol. The van der Waals surface area contributed by atoms with Gasteiger partial charge in [0.15, 0.2) is 0 Å². The predicted molar refractivity (Wildman–Crippen MR) is 79.5 cm³/mol. The van der Waals surface area contributed by atoms with E-state index < -0.39 is 0 Å². The van der Waals surface area contributed by atoms with Crippen LogP contribution in [-0.4, -0.2) is 18.1 Å². The van der Waals surface area contributed by atoms with E-state index in [1.165, 1.54) is 5.56 Å². The molecule has 5 nitrogen and oxygen atoms in total. The molecule has 0 saturated heterocycles. The second-order valence-corrected chi connectivity index (χ2v) is 5.03. The summed E-state index contributed by atoms with van der Waals surface area (Å²) in [4.78, 5) is 10.2. The maximum absolute atomic E-state index is 10.6. The summed E-state index contributed by atoms with van der Waals surface area (Å²) in [6.45, 7) is 1.46. The monoisotopic (exact) mass is 284 g/mol. The Morgan fingerprint density at radius 3 is 2.71 bits per heavy atom. The third-order valence-corrected chi connectivity index (χ3v) is 3.65. The van der Waals surface area contributed by atoms with Gasteiger partial charge in [0.25, 0.3) is 5.69 Å². The molecule has 0 radical (unpaired) electrons. The second kappa shape index (κ2) is 5.93. The van der Waals surface area contributed by atoms with E-state index in [1.54, 1.807) is 24.3 Å². The minimum absolute atomic E-state index is 0.129. The Hall–Kier alpha value is -2.40. The number of ether oxygens (including phenoxy) is 1. The molecule has 0 aromatic heterocycles. The van der Waals surface area contributed by atoms with Crippen molar-refractivity contribution in [1.82, 2.24) is 5.32 Å². The van der Waals surface area contributed by atoms with Crippen LogP contribution in [0.15, 0.2) is 48.5 Å². The Bertz CT molecular complexity index is 640. The van der Waals surface area contributed by atoms with Crippen LogP contribution in [0.1, 0.15) is 17.2 Å². The highest BCUT2D eigenvalue weighted by molar-refractivity contribution is 5.39. The summed E-state index contributed by atoms with van der Waals surface area (Å²) < 4.78 is 5.62. The average Bonchev–Trinajstić information content (AvgIpc) is 2.91. The van der Waals surface area contributed by atoms with E-state index in [2.05, 4.69) is 11.4 Å². The maximum atomic E-state index is 10.6. The van der Waals surface area contributed by atoms with Crippen molar-refractivity contribution in [3.05, 3.63) is 69.8 Å². The van der Waals surface area contributed by atoms with Crippen LogP contribution in [0, 0.1) is 10.1 Å². The first-order valence-corrected chi connectivity index (χ1v) is 6.92. The summed E-state index contributed by atoms with van der Waals surface area (Å²) in [5.74, 6) is 0.949. The molecule has 1 heterocycles. The molecule has 2 aromatic rings. The number of non-ortho nitro benzene ring substituents is 1. The first-order chi connectivity index (χ1) is 10.2. The van der Waals surface area contributed by atoms with Gasteiger partial charge in [-0.25, -0.2) is 0 Å². The van der Waals surface area contributed by atoms with Gasteiger partial charge in [-0.2, -0.15) is 0 Å². The topological polar surface area (TPSA) is 64.4 Å². The molecule has 2 aromatic carbocycles. The van der Waals surface area contributed by atoms with Gasteiger partial charge in [-0.3, -0.25) is 10.1 Å². The molecular formula is C16H16N2O3. The highest BCUT2D eigenvalue weighted by Crippen LogP contribution is 2.31. The van der Waals surface area contributed by atoms with Crippen molar-refractivity contribution in [1.29, 1.82) is 0 Å².